The van der Waals surface area contributed by atoms with E-state index in [9.17, 15) is 4.91 Å². The molecule has 4 heteroatoms. The Morgan fingerprint density at radius 1 is 1.82 bits per heavy atom. The molecule has 1 heterocycles. The minimum atomic E-state index is 0.442. The molecule has 62 valence electrons. The van der Waals surface area contributed by atoms with Crippen LogP contribution >= 0.6 is 0 Å². The average Bonchev–Trinajstić information content (AvgIpc) is 2.33. The summed E-state index contributed by atoms with van der Waals surface area (Å²) >= 11 is 0. The van der Waals surface area contributed by atoms with Crippen LogP contribution in [0.3, 0.4) is 0 Å². The topological polar surface area (TPSA) is 45.0 Å². The van der Waals surface area contributed by atoms with Gasteiger partial charge in [-0.2, -0.15) is 5.10 Å². The number of nitrogens with zero attached hydrogens (tertiary/aromatic N) is 3. The van der Waals surface area contributed by atoms with Gasteiger partial charge in [0.1, 0.15) is 0 Å². The molecule has 0 fully saturated rings. The average molecular weight is 155 g/mol. The van der Waals surface area contributed by atoms with Crippen LogP contribution < -0.4 is 0 Å². The van der Waals surface area contributed by atoms with Crippen molar-refractivity contribution in [2.75, 3.05) is 6.54 Å². The molecule has 0 saturated heterocycles. The molecule has 0 radical (unpaired) electrons. The van der Waals surface area contributed by atoms with Crippen molar-refractivity contribution in [2.24, 2.45) is 16.3 Å². The lowest BCUT2D eigenvalue weighted by Crippen LogP contribution is -2.14. The van der Waals surface area contributed by atoms with Gasteiger partial charge in [-0.25, -0.2) is 0 Å². The molecule has 1 aliphatic heterocycles. The van der Waals surface area contributed by atoms with E-state index in [4.69, 9.17) is 0 Å². The summed E-state index contributed by atoms with van der Waals surface area (Å²) in [6.07, 6.45) is 2.23. The zero-order valence-corrected chi connectivity index (χ0v) is 6.95. The maximum absolute atomic E-state index is 10.1. The lowest BCUT2D eigenvalue weighted by molar-refractivity contribution is 0.302. The molecule has 0 aromatic rings. The first-order valence-electron chi connectivity index (χ1n) is 3.93. The Balaban J connectivity index is 2.49. The van der Waals surface area contributed by atoms with Gasteiger partial charge in [0.05, 0.1) is 11.8 Å². The molecule has 0 bridgehead atoms. The number of hydrogen-bond acceptors (Lipinski definition) is 3. The van der Waals surface area contributed by atoms with Crippen LogP contribution in [0.1, 0.15) is 26.7 Å². The van der Waals surface area contributed by atoms with E-state index < -0.39 is 0 Å². The third-order valence-electron chi connectivity index (χ3n) is 1.98. The van der Waals surface area contributed by atoms with Crippen LogP contribution in [0, 0.1) is 10.8 Å². The zero-order chi connectivity index (χ0) is 8.27. The van der Waals surface area contributed by atoms with E-state index in [1.54, 1.807) is 0 Å². The lowest BCUT2D eigenvalue weighted by atomic mass is 10.0. The van der Waals surface area contributed by atoms with Gasteiger partial charge in [0, 0.05) is 11.6 Å². The number of nitroso groups, excluding NO2 is 1. The zero-order valence-electron chi connectivity index (χ0n) is 6.95. The van der Waals surface area contributed by atoms with Gasteiger partial charge in [0.15, 0.2) is 0 Å². The fraction of sp³-hybridized carbons (Fsp3) is 0.857. The van der Waals surface area contributed by atoms with E-state index in [2.05, 4.69) is 17.3 Å². The number of rotatable bonds is 3. The predicted molar refractivity (Wildman–Crippen MR) is 44.0 cm³/mol. The van der Waals surface area contributed by atoms with E-state index >= 15 is 0 Å². The first-order chi connectivity index (χ1) is 5.27. The standard InChI is InChI=1S/C7H13N3O/c1-3-4-7-5-10(9-11)8-6(7)2/h7H,3-5H2,1-2H3. The third-order valence-corrected chi connectivity index (χ3v) is 1.98. The van der Waals surface area contributed by atoms with Crippen LogP contribution in [0.15, 0.2) is 10.4 Å². The van der Waals surface area contributed by atoms with Crippen molar-refractivity contribution in [3.63, 3.8) is 0 Å². The van der Waals surface area contributed by atoms with Crippen LogP contribution in [-0.2, 0) is 0 Å². The van der Waals surface area contributed by atoms with Crippen molar-refractivity contribution in [1.29, 1.82) is 0 Å². The SMILES string of the molecule is CCCC1CN(N=O)N=C1C. The molecule has 0 spiro atoms. The van der Waals surface area contributed by atoms with Gasteiger partial charge in [0.25, 0.3) is 0 Å². The van der Waals surface area contributed by atoms with Gasteiger partial charge in [-0.3, -0.25) is 0 Å². The summed E-state index contributed by atoms with van der Waals surface area (Å²) in [5.41, 5.74) is 1.03. The molecule has 1 unspecified atom stereocenters. The second-order valence-electron chi connectivity index (χ2n) is 2.86. The Morgan fingerprint density at radius 3 is 3.00 bits per heavy atom. The van der Waals surface area contributed by atoms with Gasteiger partial charge >= 0.3 is 0 Å². The monoisotopic (exact) mass is 155 g/mol. The van der Waals surface area contributed by atoms with E-state index in [-0.39, 0.29) is 0 Å². The van der Waals surface area contributed by atoms with Crippen LogP contribution in [0.5, 0.6) is 0 Å². The summed E-state index contributed by atoms with van der Waals surface area (Å²) < 4.78 is 0. The highest BCUT2D eigenvalue weighted by Crippen LogP contribution is 2.18. The van der Waals surface area contributed by atoms with Crippen molar-refractivity contribution in [2.45, 2.75) is 26.7 Å². The Bertz CT molecular complexity index is 179. The first kappa shape index (κ1) is 8.17. The van der Waals surface area contributed by atoms with Crippen LogP contribution in [-0.4, -0.2) is 17.4 Å². The number of hydrogen-bond donors (Lipinski definition) is 0. The van der Waals surface area contributed by atoms with Crippen LogP contribution in [0.4, 0.5) is 0 Å². The summed E-state index contributed by atoms with van der Waals surface area (Å²) in [5.74, 6) is 0.442. The highest BCUT2D eigenvalue weighted by atomic mass is 16.3. The van der Waals surface area contributed by atoms with Gasteiger partial charge in [0.2, 0.25) is 0 Å². The molecule has 4 nitrogen and oxygen atoms in total. The number of hydrazone groups is 1. The van der Waals surface area contributed by atoms with Crippen LogP contribution in [0.2, 0.25) is 0 Å². The molecule has 0 aromatic heterocycles. The van der Waals surface area contributed by atoms with Crippen molar-refractivity contribution in [3.8, 4) is 0 Å². The fourth-order valence-corrected chi connectivity index (χ4v) is 1.33. The maximum Gasteiger partial charge on any atom is 0.0750 e. The minimum Gasteiger partial charge on any atom is -0.162 e. The normalized spacial score (nSPS) is 23.6. The van der Waals surface area contributed by atoms with Gasteiger partial charge < -0.3 is 0 Å². The third kappa shape index (κ3) is 1.76. The molecule has 0 amide bonds. The highest BCUT2D eigenvalue weighted by Gasteiger charge is 2.22. The summed E-state index contributed by atoms with van der Waals surface area (Å²) in [7, 11) is 0. The molecule has 1 rings (SSSR count). The Kier molecular flexibility index (Phi) is 2.57. The van der Waals surface area contributed by atoms with Crippen molar-refractivity contribution in [3.05, 3.63) is 4.91 Å². The van der Waals surface area contributed by atoms with E-state index in [1.165, 1.54) is 5.12 Å². The molecule has 1 aliphatic rings. The fourth-order valence-electron chi connectivity index (χ4n) is 1.33. The molecular formula is C7H13N3O. The van der Waals surface area contributed by atoms with Gasteiger partial charge in [-0.15, -0.1) is 10.0 Å². The molecule has 0 aliphatic carbocycles. The first-order valence-corrected chi connectivity index (χ1v) is 3.93. The van der Waals surface area contributed by atoms with E-state index in [0.29, 0.717) is 12.5 Å². The van der Waals surface area contributed by atoms with Crippen molar-refractivity contribution < 1.29 is 0 Å². The molecule has 1 atom stereocenters. The molecular weight excluding hydrogens is 142 g/mol. The Morgan fingerprint density at radius 2 is 2.55 bits per heavy atom. The summed E-state index contributed by atoms with van der Waals surface area (Å²) in [6.45, 7) is 4.75. The predicted octanol–water partition coefficient (Wildman–Crippen LogP) is 1.78. The van der Waals surface area contributed by atoms with Gasteiger partial charge in [-0.05, 0) is 13.3 Å². The maximum atomic E-state index is 10.1. The molecule has 11 heavy (non-hydrogen) atoms. The van der Waals surface area contributed by atoms with E-state index in [1.807, 2.05) is 6.92 Å². The minimum absolute atomic E-state index is 0.442. The molecule has 0 N–H and O–H groups in total. The Labute approximate surface area is 66.2 Å². The smallest absolute Gasteiger partial charge is 0.0750 e. The molecule has 0 saturated carbocycles. The van der Waals surface area contributed by atoms with Gasteiger partial charge in [-0.1, -0.05) is 13.3 Å². The van der Waals surface area contributed by atoms with Crippen molar-refractivity contribution >= 4 is 5.71 Å². The molecule has 0 aromatic carbocycles. The second kappa shape index (κ2) is 3.46. The summed E-state index contributed by atoms with van der Waals surface area (Å²) in [6, 6.07) is 0. The largest absolute Gasteiger partial charge is 0.162 e. The Hall–Kier alpha value is -0.930. The van der Waals surface area contributed by atoms with Crippen molar-refractivity contribution in [1.82, 2.24) is 5.12 Å². The van der Waals surface area contributed by atoms with Crippen LogP contribution in [0.25, 0.3) is 0 Å². The summed E-state index contributed by atoms with van der Waals surface area (Å²) in [5, 5.41) is 7.98. The second-order valence-corrected chi connectivity index (χ2v) is 2.86. The summed E-state index contributed by atoms with van der Waals surface area (Å²) in [4.78, 5) is 10.1. The highest BCUT2D eigenvalue weighted by molar-refractivity contribution is 5.85. The quantitative estimate of drug-likeness (QED) is 0.583. The lowest BCUT2D eigenvalue weighted by Gasteiger charge is -2.06. The van der Waals surface area contributed by atoms with E-state index in [0.717, 1.165) is 18.6 Å².